The minimum atomic E-state index is -4.29. The van der Waals surface area contributed by atoms with Crippen LogP contribution >= 0.6 is 11.6 Å². The van der Waals surface area contributed by atoms with Crippen molar-refractivity contribution in [1.29, 1.82) is 0 Å². The molecule has 0 aliphatic carbocycles. The van der Waals surface area contributed by atoms with Crippen molar-refractivity contribution < 1.29 is 22.4 Å². The second kappa shape index (κ2) is 10.1. The predicted octanol–water partition coefficient (Wildman–Crippen LogP) is 3.43. The first-order chi connectivity index (χ1) is 13.6. The summed E-state index contributed by atoms with van der Waals surface area (Å²) in [4.78, 5) is 16.1. The minimum absolute atomic E-state index is 0.00743. The van der Waals surface area contributed by atoms with Crippen LogP contribution in [0.3, 0.4) is 0 Å². The number of nitrogens with zero attached hydrogens (tertiary/aromatic N) is 2. The van der Waals surface area contributed by atoms with Crippen molar-refractivity contribution in [1.82, 2.24) is 20.5 Å². The number of oxazole rings is 1. The molecule has 0 unspecified atom stereocenters. The highest BCUT2D eigenvalue weighted by atomic mass is 35.5. The van der Waals surface area contributed by atoms with Crippen LogP contribution in [0.1, 0.15) is 19.7 Å². The Hall–Kier alpha value is -2.10. The highest BCUT2D eigenvalue weighted by Gasteiger charge is 2.34. The van der Waals surface area contributed by atoms with Gasteiger partial charge in [0.25, 0.3) is 0 Å². The number of benzene rings is 1. The third-order valence-electron chi connectivity index (χ3n) is 4.45. The number of carbonyl (C=O) groups is 1. The van der Waals surface area contributed by atoms with Gasteiger partial charge in [-0.05, 0) is 38.1 Å². The van der Waals surface area contributed by atoms with Gasteiger partial charge in [-0.3, -0.25) is 9.69 Å². The number of carbonyl (C=O) groups excluding carboxylic acids is 1. The van der Waals surface area contributed by atoms with Gasteiger partial charge < -0.3 is 15.1 Å². The van der Waals surface area contributed by atoms with E-state index in [1.165, 1.54) is 5.32 Å². The molecule has 6 nitrogen and oxygen atoms in total. The van der Waals surface area contributed by atoms with Gasteiger partial charge in [0.15, 0.2) is 5.76 Å². The number of nitrogens with one attached hydrogen (secondary N) is 2. The van der Waals surface area contributed by atoms with Crippen molar-refractivity contribution in [3.63, 3.8) is 0 Å². The summed E-state index contributed by atoms with van der Waals surface area (Å²) in [7, 11) is 0. The standard InChI is InChI=1S/C16H20ClN3O.C3H4F3NO/c1-16(2,20-9-7-18-8-10-20)15-19-11-14(21-15)12-3-5-13(17)6-4-12;4-3(5,6)1-7-2-8/h3-6,11,18H,7-10H2,1-2H3;2H,1H2,(H,7,8). The molecule has 3 rings (SSSR count). The van der Waals surface area contributed by atoms with E-state index >= 15 is 0 Å². The Morgan fingerprint density at radius 3 is 2.38 bits per heavy atom. The number of hydrogen-bond donors (Lipinski definition) is 2. The summed E-state index contributed by atoms with van der Waals surface area (Å²) in [6.45, 7) is 7.10. The van der Waals surface area contributed by atoms with Gasteiger partial charge in [-0.15, -0.1) is 0 Å². The predicted molar refractivity (Wildman–Crippen MR) is 105 cm³/mol. The molecule has 1 saturated heterocycles. The van der Waals surface area contributed by atoms with Crippen LogP contribution in [0.25, 0.3) is 11.3 Å². The van der Waals surface area contributed by atoms with E-state index in [2.05, 4.69) is 29.0 Å². The molecule has 0 bridgehead atoms. The monoisotopic (exact) mass is 432 g/mol. The first-order valence-electron chi connectivity index (χ1n) is 9.05. The highest BCUT2D eigenvalue weighted by Crippen LogP contribution is 2.31. The topological polar surface area (TPSA) is 70.4 Å². The van der Waals surface area contributed by atoms with E-state index in [9.17, 15) is 18.0 Å². The molecule has 2 N–H and O–H groups in total. The Bertz CT molecular complexity index is 773. The van der Waals surface area contributed by atoms with Crippen LogP contribution in [-0.2, 0) is 10.3 Å². The van der Waals surface area contributed by atoms with Crippen LogP contribution < -0.4 is 10.6 Å². The molecule has 0 saturated carbocycles. The molecule has 0 atom stereocenters. The van der Waals surface area contributed by atoms with E-state index in [-0.39, 0.29) is 11.9 Å². The minimum Gasteiger partial charge on any atom is -0.439 e. The molecular weight excluding hydrogens is 409 g/mol. The average Bonchev–Trinajstić information content (AvgIpc) is 3.19. The first kappa shape index (κ1) is 23.2. The molecule has 1 aromatic heterocycles. The summed E-state index contributed by atoms with van der Waals surface area (Å²) in [6, 6.07) is 7.62. The molecule has 2 aromatic rings. The Labute approximate surface area is 172 Å². The molecule has 160 valence electrons. The lowest BCUT2D eigenvalue weighted by molar-refractivity contribution is -0.132. The van der Waals surface area contributed by atoms with E-state index in [1.807, 2.05) is 24.3 Å². The molecule has 1 aliphatic rings. The summed E-state index contributed by atoms with van der Waals surface area (Å²) in [5.41, 5.74) is 0.793. The summed E-state index contributed by atoms with van der Waals surface area (Å²) in [5, 5.41) is 5.57. The molecule has 10 heteroatoms. The Kier molecular flexibility index (Phi) is 8.06. The van der Waals surface area contributed by atoms with Gasteiger partial charge in [-0.2, -0.15) is 13.2 Å². The Balaban J connectivity index is 0.000000321. The van der Waals surface area contributed by atoms with Gasteiger partial charge in [0.1, 0.15) is 6.54 Å². The molecule has 1 aromatic carbocycles. The number of amides is 1. The molecule has 0 spiro atoms. The van der Waals surface area contributed by atoms with Crippen molar-refractivity contribution in [2.24, 2.45) is 0 Å². The van der Waals surface area contributed by atoms with Gasteiger partial charge in [0.2, 0.25) is 12.3 Å². The first-order valence-corrected chi connectivity index (χ1v) is 9.43. The number of piperazine rings is 1. The van der Waals surface area contributed by atoms with Crippen LogP contribution in [0.4, 0.5) is 13.2 Å². The maximum absolute atomic E-state index is 11.0. The molecule has 0 radical (unpaired) electrons. The number of halogens is 4. The molecule has 1 amide bonds. The van der Waals surface area contributed by atoms with Gasteiger partial charge in [0, 0.05) is 36.8 Å². The van der Waals surface area contributed by atoms with Crippen molar-refractivity contribution in [3.8, 4) is 11.3 Å². The SMILES string of the molecule is CC(C)(c1ncc(-c2ccc(Cl)cc2)o1)N1CCNCC1.O=CNCC(F)(F)F. The maximum Gasteiger partial charge on any atom is 0.405 e. The lowest BCUT2D eigenvalue weighted by Crippen LogP contribution is -2.51. The van der Waals surface area contributed by atoms with Gasteiger partial charge >= 0.3 is 6.18 Å². The fourth-order valence-electron chi connectivity index (χ4n) is 2.82. The number of aromatic nitrogens is 1. The molecule has 1 aliphatic heterocycles. The molecule has 2 heterocycles. The Morgan fingerprint density at radius 1 is 1.24 bits per heavy atom. The van der Waals surface area contributed by atoms with Crippen molar-refractivity contribution in [2.75, 3.05) is 32.7 Å². The number of alkyl halides is 3. The maximum atomic E-state index is 11.0. The van der Waals surface area contributed by atoms with E-state index in [1.54, 1.807) is 6.20 Å². The molecular formula is C19H24ClF3N4O2. The lowest BCUT2D eigenvalue weighted by Gasteiger charge is -2.38. The zero-order chi connectivity index (χ0) is 21.5. The van der Waals surface area contributed by atoms with Gasteiger partial charge in [-0.25, -0.2) is 4.98 Å². The van der Waals surface area contributed by atoms with Crippen LogP contribution in [0.5, 0.6) is 0 Å². The summed E-state index contributed by atoms with van der Waals surface area (Å²) in [6.07, 6.45) is -2.49. The van der Waals surface area contributed by atoms with Crippen LogP contribution in [0, 0.1) is 0 Å². The largest absolute Gasteiger partial charge is 0.439 e. The normalized spacial score (nSPS) is 15.4. The zero-order valence-corrected chi connectivity index (χ0v) is 17.0. The van der Waals surface area contributed by atoms with Gasteiger partial charge in [-0.1, -0.05) is 11.6 Å². The third kappa shape index (κ3) is 7.02. The smallest absolute Gasteiger partial charge is 0.405 e. The van der Waals surface area contributed by atoms with E-state index in [0.29, 0.717) is 0 Å². The van der Waals surface area contributed by atoms with Crippen molar-refractivity contribution in [3.05, 3.63) is 41.4 Å². The summed E-state index contributed by atoms with van der Waals surface area (Å²) in [5.74, 6) is 1.54. The molecule has 29 heavy (non-hydrogen) atoms. The van der Waals surface area contributed by atoms with Crippen LogP contribution in [0.2, 0.25) is 5.02 Å². The van der Waals surface area contributed by atoms with E-state index < -0.39 is 12.7 Å². The van der Waals surface area contributed by atoms with Crippen molar-refractivity contribution in [2.45, 2.75) is 25.6 Å². The summed E-state index contributed by atoms with van der Waals surface area (Å²) < 4.78 is 39.1. The van der Waals surface area contributed by atoms with Crippen LogP contribution in [0.15, 0.2) is 34.9 Å². The lowest BCUT2D eigenvalue weighted by atomic mass is 10.0. The third-order valence-corrected chi connectivity index (χ3v) is 4.70. The molecule has 1 fully saturated rings. The second-order valence-corrected chi connectivity index (χ2v) is 7.38. The van der Waals surface area contributed by atoms with Gasteiger partial charge in [0.05, 0.1) is 11.7 Å². The Morgan fingerprint density at radius 2 is 1.86 bits per heavy atom. The van der Waals surface area contributed by atoms with E-state index in [4.69, 9.17) is 16.0 Å². The quantitative estimate of drug-likeness (QED) is 0.708. The highest BCUT2D eigenvalue weighted by molar-refractivity contribution is 6.30. The fourth-order valence-corrected chi connectivity index (χ4v) is 2.95. The summed E-state index contributed by atoms with van der Waals surface area (Å²) >= 11 is 5.92. The second-order valence-electron chi connectivity index (χ2n) is 6.95. The van der Waals surface area contributed by atoms with Crippen molar-refractivity contribution >= 4 is 18.0 Å². The van der Waals surface area contributed by atoms with Crippen LogP contribution in [-0.4, -0.2) is 55.2 Å². The number of hydrogen-bond acceptors (Lipinski definition) is 5. The zero-order valence-electron chi connectivity index (χ0n) is 16.2. The van der Waals surface area contributed by atoms with E-state index in [0.717, 1.165) is 48.4 Å². The average molecular weight is 433 g/mol. The fraction of sp³-hybridized carbons (Fsp3) is 0.474. The number of rotatable bonds is 5.